The summed E-state index contributed by atoms with van der Waals surface area (Å²) in [7, 11) is -1.60. The Morgan fingerprint density at radius 1 is 0.952 bits per heavy atom. The number of anilines is 1. The van der Waals surface area contributed by atoms with Gasteiger partial charge in [0.1, 0.15) is 0 Å². The molecule has 5 heteroatoms. The lowest BCUT2D eigenvalue weighted by Crippen LogP contribution is -2.13. The predicted molar refractivity (Wildman–Crippen MR) is 85.9 cm³/mol. The minimum atomic E-state index is -3.52. The largest absolute Gasteiger partial charge is 0.320 e. The Morgan fingerprint density at radius 2 is 1.62 bits per heavy atom. The maximum Gasteiger partial charge on any atom is 0.261 e. The summed E-state index contributed by atoms with van der Waals surface area (Å²) in [6.07, 6.45) is 1.97. The van der Waals surface area contributed by atoms with Gasteiger partial charge in [0.15, 0.2) is 0 Å². The number of para-hydroxylation sites is 1. The van der Waals surface area contributed by atoms with Crippen molar-refractivity contribution in [2.75, 3.05) is 18.3 Å². The van der Waals surface area contributed by atoms with Crippen LogP contribution in [0.25, 0.3) is 0 Å². The Bertz CT molecular complexity index is 652. The molecule has 0 radical (unpaired) electrons. The van der Waals surface area contributed by atoms with Crippen molar-refractivity contribution in [3.8, 4) is 0 Å². The van der Waals surface area contributed by atoms with Gasteiger partial charge < -0.3 is 5.32 Å². The van der Waals surface area contributed by atoms with Crippen LogP contribution in [0.1, 0.15) is 12.0 Å². The minimum absolute atomic E-state index is 0.281. The van der Waals surface area contributed by atoms with E-state index in [9.17, 15) is 8.42 Å². The van der Waals surface area contributed by atoms with Crippen molar-refractivity contribution >= 4 is 15.7 Å². The zero-order valence-corrected chi connectivity index (χ0v) is 12.9. The quantitative estimate of drug-likeness (QED) is 0.773. The monoisotopic (exact) mass is 304 g/mol. The highest BCUT2D eigenvalue weighted by atomic mass is 32.2. The highest BCUT2D eigenvalue weighted by Crippen LogP contribution is 2.16. The standard InChI is InChI=1S/C16H20N2O2S/c1-17-13-5-6-14-9-11-16(12-10-14)21(19,20)18-15-7-3-2-4-8-15/h2-4,7-12,17-18H,5-6,13H2,1H3. The van der Waals surface area contributed by atoms with E-state index in [1.807, 2.05) is 25.2 Å². The van der Waals surface area contributed by atoms with E-state index in [4.69, 9.17) is 0 Å². The Balaban J connectivity index is 2.06. The van der Waals surface area contributed by atoms with E-state index in [1.54, 1.807) is 36.4 Å². The molecule has 0 aromatic heterocycles. The van der Waals surface area contributed by atoms with Crippen LogP contribution in [0.15, 0.2) is 59.5 Å². The zero-order valence-electron chi connectivity index (χ0n) is 12.0. The number of rotatable bonds is 7. The highest BCUT2D eigenvalue weighted by Gasteiger charge is 2.13. The van der Waals surface area contributed by atoms with E-state index >= 15 is 0 Å². The summed E-state index contributed by atoms with van der Waals surface area (Å²) in [5.41, 5.74) is 1.71. The number of hydrogen-bond donors (Lipinski definition) is 2. The number of hydrogen-bond acceptors (Lipinski definition) is 3. The van der Waals surface area contributed by atoms with E-state index < -0.39 is 10.0 Å². The van der Waals surface area contributed by atoms with Crippen LogP contribution < -0.4 is 10.0 Å². The van der Waals surface area contributed by atoms with Crippen LogP contribution in [0.5, 0.6) is 0 Å². The van der Waals surface area contributed by atoms with Gasteiger partial charge in [-0.2, -0.15) is 0 Å². The molecule has 21 heavy (non-hydrogen) atoms. The van der Waals surface area contributed by atoms with Gasteiger partial charge in [0, 0.05) is 5.69 Å². The van der Waals surface area contributed by atoms with Gasteiger partial charge in [-0.05, 0) is 56.3 Å². The molecule has 0 aliphatic carbocycles. The molecule has 0 unspecified atom stereocenters. The molecular weight excluding hydrogens is 284 g/mol. The van der Waals surface area contributed by atoms with Gasteiger partial charge in [-0.1, -0.05) is 30.3 Å². The molecule has 0 spiro atoms. The van der Waals surface area contributed by atoms with Crippen molar-refractivity contribution < 1.29 is 8.42 Å². The first-order chi connectivity index (χ1) is 10.1. The second-order valence-corrected chi connectivity index (χ2v) is 6.50. The lowest BCUT2D eigenvalue weighted by atomic mass is 10.1. The van der Waals surface area contributed by atoms with Crippen LogP contribution in [0, 0.1) is 0 Å². The molecule has 2 N–H and O–H groups in total. The van der Waals surface area contributed by atoms with E-state index in [0.717, 1.165) is 24.9 Å². The van der Waals surface area contributed by atoms with Gasteiger partial charge in [-0.3, -0.25) is 4.72 Å². The molecule has 0 saturated carbocycles. The first-order valence-electron chi connectivity index (χ1n) is 6.93. The summed E-state index contributed by atoms with van der Waals surface area (Å²) in [5, 5.41) is 3.09. The van der Waals surface area contributed by atoms with Gasteiger partial charge in [-0.15, -0.1) is 0 Å². The van der Waals surface area contributed by atoms with Crippen LogP contribution in [0.3, 0.4) is 0 Å². The van der Waals surface area contributed by atoms with Crippen molar-refractivity contribution in [2.24, 2.45) is 0 Å². The van der Waals surface area contributed by atoms with Gasteiger partial charge in [0.25, 0.3) is 10.0 Å². The van der Waals surface area contributed by atoms with Crippen molar-refractivity contribution in [1.29, 1.82) is 0 Å². The molecule has 2 aromatic rings. The molecule has 0 aliphatic heterocycles. The van der Waals surface area contributed by atoms with Crippen LogP contribution in [-0.4, -0.2) is 22.0 Å². The van der Waals surface area contributed by atoms with Gasteiger partial charge >= 0.3 is 0 Å². The summed E-state index contributed by atoms with van der Waals surface area (Å²) < 4.78 is 27.1. The maximum atomic E-state index is 12.3. The molecular formula is C16H20N2O2S. The second kappa shape index (κ2) is 7.24. The van der Waals surface area contributed by atoms with E-state index in [0.29, 0.717) is 5.69 Å². The third kappa shape index (κ3) is 4.58. The average Bonchev–Trinajstić information content (AvgIpc) is 2.49. The number of sulfonamides is 1. The summed E-state index contributed by atoms with van der Waals surface area (Å²) in [5.74, 6) is 0. The first-order valence-corrected chi connectivity index (χ1v) is 8.41. The summed E-state index contributed by atoms with van der Waals surface area (Å²) in [4.78, 5) is 0.281. The molecule has 0 heterocycles. The fourth-order valence-electron chi connectivity index (χ4n) is 2.02. The number of aryl methyl sites for hydroxylation is 1. The molecule has 112 valence electrons. The van der Waals surface area contributed by atoms with Crippen molar-refractivity contribution in [2.45, 2.75) is 17.7 Å². The fraction of sp³-hybridized carbons (Fsp3) is 0.250. The SMILES string of the molecule is CNCCCc1ccc(S(=O)(=O)Nc2ccccc2)cc1. The minimum Gasteiger partial charge on any atom is -0.320 e. The normalized spacial score (nSPS) is 11.3. The molecule has 0 atom stereocenters. The topological polar surface area (TPSA) is 58.2 Å². The van der Waals surface area contributed by atoms with Crippen LogP contribution in [0.2, 0.25) is 0 Å². The molecule has 4 nitrogen and oxygen atoms in total. The molecule has 0 bridgehead atoms. The third-order valence-corrected chi connectivity index (χ3v) is 4.55. The summed E-state index contributed by atoms with van der Waals surface area (Å²) in [6.45, 7) is 0.954. The van der Waals surface area contributed by atoms with Crippen LogP contribution in [0.4, 0.5) is 5.69 Å². The maximum absolute atomic E-state index is 12.3. The fourth-order valence-corrected chi connectivity index (χ4v) is 3.08. The van der Waals surface area contributed by atoms with E-state index in [2.05, 4.69) is 10.0 Å². The molecule has 0 saturated heterocycles. The van der Waals surface area contributed by atoms with E-state index in [-0.39, 0.29) is 4.90 Å². The lowest BCUT2D eigenvalue weighted by molar-refractivity contribution is 0.601. The van der Waals surface area contributed by atoms with E-state index in [1.165, 1.54) is 0 Å². The molecule has 0 amide bonds. The first kappa shape index (κ1) is 15.5. The van der Waals surface area contributed by atoms with Crippen molar-refractivity contribution in [3.63, 3.8) is 0 Å². The molecule has 0 fully saturated rings. The predicted octanol–water partition coefficient (Wildman–Crippen LogP) is 2.64. The van der Waals surface area contributed by atoms with Crippen molar-refractivity contribution in [3.05, 3.63) is 60.2 Å². The highest BCUT2D eigenvalue weighted by molar-refractivity contribution is 7.92. The molecule has 2 aromatic carbocycles. The Kier molecular flexibility index (Phi) is 5.36. The van der Waals surface area contributed by atoms with Crippen LogP contribution >= 0.6 is 0 Å². The number of benzene rings is 2. The lowest BCUT2D eigenvalue weighted by Gasteiger charge is -2.08. The summed E-state index contributed by atoms with van der Waals surface area (Å²) >= 11 is 0. The smallest absolute Gasteiger partial charge is 0.261 e. The third-order valence-electron chi connectivity index (χ3n) is 3.15. The van der Waals surface area contributed by atoms with Gasteiger partial charge in [0.05, 0.1) is 4.90 Å². The second-order valence-electron chi connectivity index (χ2n) is 4.82. The average molecular weight is 304 g/mol. The number of nitrogens with one attached hydrogen (secondary N) is 2. The molecule has 0 aliphatic rings. The zero-order chi connectivity index (χ0) is 15.1. The Labute approximate surface area is 126 Å². The molecule has 2 rings (SSSR count). The van der Waals surface area contributed by atoms with Gasteiger partial charge in [0.2, 0.25) is 0 Å². The van der Waals surface area contributed by atoms with Crippen LogP contribution in [-0.2, 0) is 16.4 Å². The Morgan fingerprint density at radius 3 is 2.24 bits per heavy atom. The summed E-state index contributed by atoms with van der Waals surface area (Å²) in [6, 6.07) is 15.9. The van der Waals surface area contributed by atoms with Gasteiger partial charge in [-0.25, -0.2) is 8.42 Å². The Hall–Kier alpha value is -1.85. The van der Waals surface area contributed by atoms with Crippen molar-refractivity contribution in [1.82, 2.24) is 5.32 Å².